The van der Waals surface area contributed by atoms with Gasteiger partial charge in [-0.15, -0.1) is 11.3 Å². The molecule has 114 valence electrons. The Labute approximate surface area is 125 Å². The van der Waals surface area contributed by atoms with Crippen LogP contribution in [0.2, 0.25) is 0 Å². The summed E-state index contributed by atoms with van der Waals surface area (Å²) in [7, 11) is 0. The van der Waals surface area contributed by atoms with Gasteiger partial charge in [0.25, 0.3) is 0 Å². The van der Waals surface area contributed by atoms with E-state index in [1.165, 1.54) is 4.88 Å². The van der Waals surface area contributed by atoms with Gasteiger partial charge in [0.2, 0.25) is 0 Å². The maximum atomic E-state index is 11.5. The molecule has 0 aromatic carbocycles. The smallest absolute Gasteiger partial charge is 0.407 e. The predicted molar refractivity (Wildman–Crippen MR) is 82.2 cm³/mol. The lowest BCUT2D eigenvalue weighted by Gasteiger charge is -2.20. The standard InChI is InChI=1S/C14H25N3O2S/c1-9(12-10(2)17-11(3)20-12)15-7-8-16-13(18)19-14(4,5)6/h9,15H,7-8H2,1-6H3,(H,16,18). The van der Waals surface area contributed by atoms with Crippen molar-refractivity contribution in [2.45, 2.75) is 53.2 Å². The number of nitrogens with zero attached hydrogens (tertiary/aromatic N) is 1. The molecule has 0 bridgehead atoms. The lowest BCUT2D eigenvalue weighted by atomic mass is 10.2. The molecular formula is C14H25N3O2S. The molecular weight excluding hydrogens is 274 g/mol. The predicted octanol–water partition coefficient (Wildman–Crippen LogP) is 2.94. The number of thiazole rings is 1. The topological polar surface area (TPSA) is 63.2 Å². The molecule has 0 spiro atoms. The van der Waals surface area contributed by atoms with Crippen molar-refractivity contribution >= 4 is 17.4 Å². The number of carbonyl (C=O) groups excluding carboxylic acids is 1. The van der Waals surface area contributed by atoms with Crippen LogP contribution < -0.4 is 10.6 Å². The largest absolute Gasteiger partial charge is 0.444 e. The number of hydrogen-bond donors (Lipinski definition) is 2. The first kappa shape index (κ1) is 16.9. The molecule has 1 aromatic rings. The fourth-order valence-electron chi connectivity index (χ4n) is 1.81. The third-order valence-corrected chi connectivity index (χ3v) is 3.83. The lowest BCUT2D eigenvalue weighted by molar-refractivity contribution is 0.0528. The van der Waals surface area contributed by atoms with Crippen molar-refractivity contribution in [3.63, 3.8) is 0 Å². The van der Waals surface area contributed by atoms with Crippen LogP contribution in [0.4, 0.5) is 4.79 Å². The Morgan fingerprint density at radius 3 is 2.50 bits per heavy atom. The second kappa shape index (κ2) is 7.04. The van der Waals surface area contributed by atoms with Crippen LogP contribution in [0.25, 0.3) is 0 Å². The third-order valence-electron chi connectivity index (χ3n) is 2.58. The highest BCUT2D eigenvalue weighted by Gasteiger charge is 2.16. The molecule has 20 heavy (non-hydrogen) atoms. The zero-order valence-electron chi connectivity index (χ0n) is 13.2. The van der Waals surface area contributed by atoms with E-state index in [2.05, 4.69) is 22.5 Å². The molecule has 6 heteroatoms. The Balaban J connectivity index is 2.28. The number of aryl methyl sites for hydroxylation is 2. The summed E-state index contributed by atoms with van der Waals surface area (Å²) < 4.78 is 5.17. The van der Waals surface area contributed by atoms with E-state index >= 15 is 0 Å². The molecule has 1 amide bonds. The Hall–Kier alpha value is -1.14. The molecule has 0 aliphatic rings. The second-order valence-electron chi connectivity index (χ2n) is 5.79. The zero-order valence-corrected chi connectivity index (χ0v) is 14.0. The highest BCUT2D eigenvalue weighted by Crippen LogP contribution is 2.23. The molecule has 1 rings (SSSR count). The number of alkyl carbamates (subject to hydrolysis) is 1. The first-order chi connectivity index (χ1) is 9.19. The number of hydrogen-bond acceptors (Lipinski definition) is 5. The SMILES string of the molecule is Cc1nc(C)c(C(C)NCCNC(=O)OC(C)(C)C)s1. The van der Waals surface area contributed by atoms with Crippen molar-refractivity contribution in [1.82, 2.24) is 15.6 Å². The van der Waals surface area contributed by atoms with Crippen LogP contribution in [-0.4, -0.2) is 29.8 Å². The van der Waals surface area contributed by atoms with Gasteiger partial charge >= 0.3 is 6.09 Å². The fourth-order valence-corrected chi connectivity index (χ4v) is 2.76. The zero-order chi connectivity index (χ0) is 15.3. The van der Waals surface area contributed by atoms with Gasteiger partial charge in [-0.1, -0.05) is 0 Å². The summed E-state index contributed by atoms with van der Waals surface area (Å²) in [6.45, 7) is 12.9. The van der Waals surface area contributed by atoms with Crippen LogP contribution in [-0.2, 0) is 4.74 Å². The van der Waals surface area contributed by atoms with Gasteiger partial charge in [-0.25, -0.2) is 9.78 Å². The van der Waals surface area contributed by atoms with Gasteiger partial charge in [-0.2, -0.15) is 0 Å². The van der Waals surface area contributed by atoms with Crippen LogP contribution in [0.15, 0.2) is 0 Å². The molecule has 0 aliphatic heterocycles. The van der Waals surface area contributed by atoms with Crippen molar-refractivity contribution in [3.8, 4) is 0 Å². The van der Waals surface area contributed by atoms with E-state index in [1.807, 2.05) is 34.6 Å². The Morgan fingerprint density at radius 1 is 1.35 bits per heavy atom. The average Bonchev–Trinajstić information content (AvgIpc) is 2.61. The quantitative estimate of drug-likeness (QED) is 0.821. The number of ether oxygens (including phenoxy) is 1. The van der Waals surface area contributed by atoms with Crippen LogP contribution in [0, 0.1) is 13.8 Å². The van der Waals surface area contributed by atoms with E-state index in [0.717, 1.165) is 10.7 Å². The van der Waals surface area contributed by atoms with Crippen molar-refractivity contribution in [3.05, 3.63) is 15.6 Å². The number of nitrogens with one attached hydrogen (secondary N) is 2. The molecule has 2 N–H and O–H groups in total. The van der Waals surface area contributed by atoms with Gasteiger partial charge in [0, 0.05) is 24.0 Å². The van der Waals surface area contributed by atoms with Crippen LogP contribution in [0.3, 0.4) is 0 Å². The van der Waals surface area contributed by atoms with E-state index in [0.29, 0.717) is 13.1 Å². The number of aromatic nitrogens is 1. The van der Waals surface area contributed by atoms with Gasteiger partial charge in [-0.3, -0.25) is 0 Å². The minimum absolute atomic E-state index is 0.238. The maximum absolute atomic E-state index is 11.5. The summed E-state index contributed by atoms with van der Waals surface area (Å²) in [5.74, 6) is 0. The molecule has 1 unspecified atom stereocenters. The van der Waals surface area contributed by atoms with E-state index in [9.17, 15) is 4.79 Å². The summed E-state index contributed by atoms with van der Waals surface area (Å²) >= 11 is 1.71. The van der Waals surface area contributed by atoms with Gasteiger partial charge in [-0.05, 0) is 41.5 Å². The Morgan fingerprint density at radius 2 is 2.00 bits per heavy atom. The lowest BCUT2D eigenvalue weighted by Crippen LogP contribution is -2.36. The molecule has 0 saturated carbocycles. The van der Waals surface area contributed by atoms with Crippen molar-refractivity contribution in [2.24, 2.45) is 0 Å². The molecule has 0 fully saturated rings. The molecule has 1 heterocycles. The van der Waals surface area contributed by atoms with Gasteiger partial charge in [0.1, 0.15) is 5.60 Å². The molecule has 0 radical (unpaired) electrons. The number of carbonyl (C=O) groups is 1. The van der Waals surface area contributed by atoms with E-state index in [1.54, 1.807) is 11.3 Å². The molecule has 0 aliphatic carbocycles. The van der Waals surface area contributed by atoms with E-state index in [-0.39, 0.29) is 12.1 Å². The molecule has 1 aromatic heterocycles. The van der Waals surface area contributed by atoms with Crippen LogP contribution >= 0.6 is 11.3 Å². The second-order valence-corrected chi connectivity index (χ2v) is 7.02. The maximum Gasteiger partial charge on any atom is 0.407 e. The summed E-state index contributed by atoms with van der Waals surface area (Å²) in [6, 6.07) is 0.238. The van der Waals surface area contributed by atoms with Crippen molar-refractivity contribution in [2.75, 3.05) is 13.1 Å². The van der Waals surface area contributed by atoms with Gasteiger partial charge < -0.3 is 15.4 Å². The van der Waals surface area contributed by atoms with Crippen LogP contribution in [0.5, 0.6) is 0 Å². The number of rotatable bonds is 5. The molecule has 0 saturated heterocycles. The molecule has 1 atom stereocenters. The van der Waals surface area contributed by atoms with Crippen molar-refractivity contribution < 1.29 is 9.53 Å². The third kappa shape index (κ3) is 5.88. The van der Waals surface area contributed by atoms with Gasteiger partial charge in [0.05, 0.1) is 10.7 Å². The minimum atomic E-state index is -0.456. The van der Waals surface area contributed by atoms with Crippen LogP contribution in [0.1, 0.15) is 49.3 Å². The Kier molecular flexibility index (Phi) is 5.95. The van der Waals surface area contributed by atoms with E-state index < -0.39 is 5.60 Å². The highest BCUT2D eigenvalue weighted by atomic mass is 32.1. The first-order valence-corrected chi connectivity index (χ1v) is 7.65. The average molecular weight is 299 g/mol. The number of amides is 1. The van der Waals surface area contributed by atoms with Crippen molar-refractivity contribution in [1.29, 1.82) is 0 Å². The van der Waals surface area contributed by atoms with Gasteiger partial charge in [0.15, 0.2) is 0 Å². The summed E-state index contributed by atoms with van der Waals surface area (Å²) in [6.07, 6.45) is -0.378. The normalized spacial score (nSPS) is 13.1. The monoisotopic (exact) mass is 299 g/mol. The summed E-state index contributed by atoms with van der Waals surface area (Å²) in [5, 5.41) is 7.18. The summed E-state index contributed by atoms with van der Waals surface area (Å²) in [5.41, 5.74) is 0.620. The highest BCUT2D eigenvalue weighted by molar-refractivity contribution is 7.11. The Bertz CT molecular complexity index is 452. The first-order valence-electron chi connectivity index (χ1n) is 6.83. The summed E-state index contributed by atoms with van der Waals surface area (Å²) in [4.78, 5) is 17.1. The van der Waals surface area contributed by atoms with E-state index in [4.69, 9.17) is 4.74 Å². The molecule has 5 nitrogen and oxygen atoms in total. The minimum Gasteiger partial charge on any atom is -0.444 e. The fraction of sp³-hybridized carbons (Fsp3) is 0.714.